The Morgan fingerprint density at radius 2 is 0.817 bits per heavy atom. The molecular weight excluding hydrogens is 1690 g/mol. The molecule has 0 radical (unpaired) electrons. The van der Waals surface area contributed by atoms with Crippen LogP contribution in [0.5, 0.6) is 0 Å². The highest BCUT2D eigenvalue weighted by Crippen LogP contribution is 2.50. The van der Waals surface area contributed by atoms with E-state index in [4.69, 9.17) is 76.1 Å². The van der Waals surface area contributed by atoms with E-state index in [1.54, 1.807) is 86.5 Å². The van der Waals surface area contributed by atoms with E-state index in [-0.39, 0.29) is 165 Å². The van der Waals surface area contributed by atoms with E-state index in [2.05, 4.69) is 59.8 Å². The second kappa shape index (κ2) is 43.1. The third kappa shape index (κ3) is 28.0. The van der Waals surface area contributed by atoms with Crippen molar-refractivity contribution in [3.63, 3.8) is 0 Å². The summed E-state index contributed by atoms with van der Waals surface area (Å²) < 4.78 is 134. The molecule has 12 N–H and O–H groups in total. The Morgan fingerprint density at radius 3 is 1.23 bits per heavy atom. The molecule has 46 heteroatoms. The molecule has 0 amide bonds. The number of imidazole rings is 4. The summed E-state index contributed by atoms with van der Waals surface area (Å²) >= 11 is 6.95. The number of benzene rings is 5. The topological polar surface area (TPSA) is 527 Å². The molecule has 38 nitrogen and oxygen atoms in total. The molecule has 4 atom stereocenters. The van der Waals surface area contributed by atoms with E-state index >= 15 is 0 Å². The zero-order valence-corrected chi connectivity index (χ0v) is 70.6. The van der Waals surface area contributed by atoms with Gasteiger partial charge in [-0.3, -0.25) is 62.2 Å². The first-order chi connectivity index (χ1) is 57.3. The van der Waals surface area contributed by atoms with E-state index in [9.17, 15) is 51.0 Å². The third-order valence-electron chi connectivity index (χ3n) is 16.8. The fraction of sp³-hybridized carbons (Fsp3) is 0.311. The number of aryl methyl sites for hydroxylation is 2. The summed E-state index contributed by atoms with van der Waals surface area (Å²) in [6.45, 7) is 10.5. The van der Waals surface area contributed by atoms with Crippen LogP contribution in [-0.4, -0.2) is 167 Å². The minimum atomic E-state index is -3.81. The standard InChI is InChI=1S/C26H29FN5O6PS.C16H19ClN5O4P.C16H19FN5O4P.C16H20N5O4P/c1-17-3-7-20(8-4-17)25(34)40-12-11-37-39(35,38-14-19-6-5-18(2)21(27)13-19)16-36-10-9-32-15-29-22-23(32)30-26(28)31-24(22)33;2*1-27(24,26-8-11-3-2-4-12(17)7-11)10-25-6-5-22-9-19-13-14(22)20-16(18)21-15(13)23;1-26(23,25-9-12-5-3-2-4-6-12)11-24-8-7-21-10-18-13-14(21)19-16(17)20-15(13)22/h3-8,13,15H,9-12,14,16H2,1-2H3,(H3,28,30,31,33);2*2-4,7,9H,5-6,8,10H2,1H3,(H3,18,20,21,23);2-6,10H,7-9,11H2,1H3,(H3,17,19,20,22). The van der Waals surface area contributed by atoms with Gasteiger partial charge >= 0.3 is 7.60 Å². The Kier molecular flexibility index (Phi) is 32.9. The highest BCUT2D eigenvalue weighted by atomic mass is 35.5. The number of H-pyrrole nitrogens is 4. The molecule has 5 aromatic carbocycles. The zero-order chi connectivity index (χ0) is 86.2. The number of carbonyl (C=O) groups excluding carboxylic acids is 1. The molecule has 8 aromatic heterocycles. The minimum Gasteiger partial charge on any atom is -0.370 e. The molecule has 120 heavy (non-hydrogen) atoms. The molecule has 13 aromatic rings. The number of thioether (sulfide) groups is 1. The van der Waals surface area contributed by atoms with Crippen molar-refractivity contribution < 1.29 is 73.4 Å². The quantitative estimate of drug-likeness (QED) is 0.0132. The maximum atomic E-state index is 14.0. The zero-order valence-electron chi connectivity index (χ0n) is 65.4. The Balaban J connectivity index is 0.000000171. The summed E-state index contributed by atoms with van der Waals surface area (Å²) in [5.41, 5.74) is 27.7. The van der Waals surface area contributed by atoms with Gasteiger partial charge in [-0.05, 0) is 72.0 Å². The number of carbonyl (C=O) groups is 1. The first-order valence-electron chi connectivity index (χ1n) is 36.4. The summed E-state index contributed by atoms with van der Waals surface area (Å²) in [7, 11) is -12.6. The summed E-state index contributed by atoms with van der Waals surface area (Å²) in [5.74, 6) is -0.544. The molecule has 0 aliphatic heterocycles. The number of nitrogens with two attached hydrogens (primary N) is 4. The van der Waals surface area contributed by atoms with Crippen LogP contribution in [0.4, 0.5) is 32.6 Å². The fourth-order valence-electron chi connectivity index (χ4n) is 10.7. The summed E-state index contributed by atoms with van der Waals surface area (Å²) in [4.78, 5) is 101. The monoisotopic (exact) mass is 1770 g/mol. The van der Waals surface area contributed by atoms with Crippen molar-refractivity contribution in [1.82, 2.24) is 78.1 Å². The van der Waals surface area contributed by atoms with Crippen LogP contribution >= 0.6 is 53.1 Å². The fourth-order valence-corrected chi connectivity index (χ4v) is 15.9. The van der Waals surface area contributed by atoms with Crippen molar-refractivity contribution in [2.24, 2.45) is 0 Å². The molecule has 638 valence electrons. The highest BCUT2D eigenvalue weighted by molar-refractivity contribution is 8.14. The summed E-state index contributed by atoms with van der Waals surface area (Å²) in [6.07, 6.45) is 5.35. The van der Waals surface area contributed by atoms with Gasteiger partial charge in [0.15, 0.2) is 44.7 Å². The number of hydrogen-bond donors (Lipinski definition) is 8. The van der Waals surface area contributed by atoms with Gasteiger partial charge in [0.1, 0.15) is 37.0 Å². The van der Waals surface area contributed by atoms with Crippen LogP contribution < -0.4 is 45.2 Å². The molecule has 0 spiro atoms. The van der Waals surface area contributed by atoms with Gasteiger partial charge < -0.3 is 82.8 Å². The van der Waals surface area contributed by atoms with Crippen LogP contribution in [0.15, 0.2) is 166 Å². The van der Waals surface area contributed by atoms with E-state index in [0.29, 0.717) is 63.9 Å². The Hall–Kier alpha value is -10.6. The maximum absolute atomic E-state index is 14.0. The average Bonchev–Trinajstić information content (AvgIpc) is 1.67. The largest absolute Gasteiger partial charge is 0.370 e. The molecule has 0 saturated heterocycles. The van der Waals surface area contributed by atoms with Gasteiger partial charge in [0.25, 0.3) is 22.2 Å². The number of nitrogens with one attached hydrogen (secondary N) is 4. The Labute approximate surface area is 691 Å². The molecule has 8 heterocycles. The van der Waals surface area contributed by atoms with Crippen LogP contribution in [-0.2, 0) is 112 Å². The maximum Gasteiger partial charge on any atom is 0.356 e. The lowest BCUT2D eigenvalue weighted by molar-refractivity contribution is 0.108. The van der Waals surface area contributed by atoms with Gasteiger partial charge in [0, 0.05) is 62.5 Å². The van der Waals surface area contributed by atoms with Crippen molar-refractivity contribution >= 4 is 127 Å². The number of ether oxygens (including phenoxy) is 4. The van der Waals surface area contributed by atoms with Gasteiger partial charge in [-0.2, -0.15) is 19.9 Å². The van der Waals surface area contributed by atoms with Crippen LogP contribution in [0, 0.1) is 25.5 Å². The predicted octanol–water partition coefficient (Wildman–Crippen LogP) is 10.6. The van der Waals surface area contributed by atoms with Crippen molar-refractivity contribution in [3.8, 4) is 0 Å². The average molecular weight is 1770 g/mol. The van der Waals surface area contributed by atoms with Crippen molar-refractivity contribution in [2.75, 3.05) is 107 Å². The van der Waals surface area contributed by atoms with Crippen LogP contribution in [0.3, 0.4) is 0 Å². The number of halogens is 3. The number of nitrogen functional groups attached to an aromatic ring is 4. The predicted molar refractivity (Wildman–Crippen MR) is 450 cm³/mol. The third-order valence-corrected chi connectivity index (χ3v) is 23.5. The van der Waals surface area contributed by atoms with E-state index in [0.717, 1.165) is 28.5 Å². The lowest BCUT2D eigenvalue weighted by Crippen LogP contribution is -2.13. The number of rotatable bonds is 37. The van der Waals surface area contributed by atoms with E-state index in [1.165, 1.54) is 56.8 Å². The Morgan fingerprint density at radius 1 is 0.442 bits per heavy atom. The summed E-state index contributed by atoms with van der Waals surface area (Å²) in [5, 5.41) is 0.463. The first kappa shape index (κ1) is 91.7. The van der Waals surface area contributed by atoms with Crippen molar-refractivity contribution in [2.45, 2.75) is 66.5 Å². The van der Waals surface area contributed by atoms with Gasteiger partial charge in [0.05, 0.1) is 84.8 Å². The molecule has 4 unspecified atom stereocenters. The number of aromatic nitrogens is 16. The smallest absolute Gasteiger partial charge is 0.356 e. The molecule has 0 fully saturated rings. The van der Waals surface area contributed by atoms with Gasteiger partial charge in [0.2, 0.25) is 51.0 Å². The first-order valence-corrected chi connectivity index (χ1v) is 46.3. The minimum absolute atomic E-state index is 0.000948. The number of aromatic amines is 4. The molecule has 0 aliphatic carbocycles. The van der Waals surface area contributed by atoms with Gasteiger partial charge in [-0.1, -0.05) is 120 Å². The van der Waals surface area contributed by atoms with E-state index in [1.807, 2.05) is 55.5 Å². The van der Waals surface area contributed by atoms with Crippen molar-refractivity contribution in [1.29, 1.82) is 0 Å². The van der Waals surface area contributed by atoms with E-state index < -0.39 is 52.2 Å². The van der Waals surface area contributed by atoms with Crippen LogP contribution in [0.2, 0.25) is 5.02 Å². The molecule has 0 bridgehead atoms. The second-order valence-corrected chi connectivity index (χ2v) is 37.9. The number of fused-ring (bicyclic) bond motifs is 4. The lowest BCUT2D eigenvalue weighted by Gasteiger charge is -2.19. The van der Waals surface area contributed by atoms with Gasteiger partial charge in [-0.25, -0.2) is 28.7 Å². The highest BCUT2D eigenvalue weighted by Gasteiger charge is 2.27. The molecule has 13 rings (SSSR count). The number of nitrogens with zero attached hydrogens (tertiary/aromatic N) is 12. The van der Waals surface area contributed by atoms with Crippen LogP contribution in [0.25, 0.3) is 44.7 Å². The second-order valence-electron chi connectivity index (χ2n) is 26.8. The van der Waals surface area contributed by atoms with Crippen LogP contribution in [0.1, 0.15) is 43.7 Å². The summed E-state index contributed by atoms with van der Waals surface area (Å²) in [6, 6.07) is 34.4. The van der Waals surface area contributed by atoms with Crippen molar-refractivity contribution in [3.05, 3.63) is 244 Å². The SMILES string of the molecule is CP(=O)(COCCn1cnc2c(=O)[nH]c(N)nc21)OCc1cccc(Cl)c1.CP(=O)(COCCn1cnc2c(=O)[nH]c(N)nc21)OCc1cccc(F)c1.CP(=O)(COCCn1cnc2c(=O)[nH]c(N)nc21)OCc1ccccc1.Cc1ccc(C(=O)SCCOP(=O)(COCCn2cnc3c(=O)[nH]c(N)nc32)OCc2ccc(C)c(F)c2)cc1. The molecule has 0 saturated carbocycles. The number of anilines is 4. The lowest BCUT2D eigenvalue weighted by atomic mass is 10.1. The molecular formula is C74H87ClF2N20O18P4S. The Bertz CT molecular complexity index is 5970. The normalized spacial score (nSPS) is 13.5. The van der Waals surface area contributed by atoms with Gasteiger partial charge in [-0.15, -0.1) is 0 Å². The molecule has 0 aliphatic rings. The number of hydrogen-bond acceptors (Lipinski definition) is 31.